The number of halogens is 1. The van der Waals surface area contributed by atoms with Gasteiger partial charge in [-0.25, -0.2) is 9.97 Å². The molecule has 90 valence electrons. The van der Waals surface area contributed by atoms with Crippen molar-refractivity contribution >= 4 is 17.4 Å². The van der Waals surface area contributed by atoms with Crippen LogP contribution in [0.4, 0.5) is 5.82 Å². The average molecular weight is 254 g/mol. The van der Waals surface area contributed by atoms with E-state index in [9.17, 15) is 0 Å². The summed E-state index contributed by atoms with van der Waals surface area (Å²) in [4.78, 5) is 8.14. The van der Waals surface area contributed by atoms with Crippen molar-refractivity contribution in [2.24, 2.45) is 0 Å². The summed E-state index contributed by atoms with van der Waals surface area (Å²) in [7, 11) is 0. The molecule has 0 spiro atoms. The van der Waals surface area contributed by atoms with Crippen LogP contribution in [-0.2, 0) is 6.54 Å². The van der Waals surface area contributed by atoms with Crippen LogP contribution in [0.15, 0.2) is 6.33 Å². The molecule has 17 heavy (non-hydrogen) atoms. The van der Waals surface area contributed by atoms with Crippen LogP contribution >= 0.6 is 11.6 Å². The molecule has 0 radical (unpaired) electrons. The number of nitrogens with zero attached hydrogens (tertiary/aromatic N) is 5. The van der Waals surface area contributed by atoms with E-state index in [0.717, 1.165) is 5.56 Å². The number of hydrogen-bond donors (Lipinski definition) is 2. The Labute approximate surface area is 103 Å². The van der Waals surface area contributed by atoms with Gasteiger partial charge in [-0.15, -0.1) is 10.2 Å². The summed E-state index contributed by atoms with van der Waals surface area (Å²) in [5.41, 5.74) is 0.887. The van der Waals surface area contributed by atoms with Gasteiger partial charge in [0.15, 0.2) is 5.82 Å². The summed E-state index contributed by atoms with van der Waals surface area (Å²) < 4.78 is 0. The highest BCUT2D eigenvalue weighted by Gasteiger charge is 2.13. The molecule has 2 aromatic rings. The Morgan fingerprint density at radius 2 is 2.24 bits per heavy atom. The van der Waals surface area contributed by atoms with Crippen LogP contribution in [-0.4, -0.2) is 30.6 Å². The molecule has 8 heteroatoms. The van der Waals surface area contributed by atoms with Crippen LogP contribution < -0.4 is 5.32 Å². The molecule has 0 bridgehead atoms. The van der Waals surface area contributed by atoms with Gasteiger partial charge in [0.1, 0.15) is 17.3 Å². The van der Waals surface area contributed by atoms with Crippen LogP contribution in [0.3, 0.4) is 0 Å². The van der Waals surface area contributed by atoms with Gasteiger partial charge in [-0.3, -0.25) is 0 Å². The molecule has 0 saturated heterocycles. The number of aromatic nitrogens is 6. The van der Waals surface area contributed by atoms with Gasteiger partial charge in [0.05, 0.1) is 6.54 Å². The molecule has 0 amide bonds. The minimum absolute atomic E-state index is 0.233. The number of hydrogen-bond acceptors (Lipinski definition) is 6. The minimum Gasteiger partial charge on any atom is -0.362 e. The van der Waals surface area contributed by atoms with E-state index < -0.39 is 0 Å². The van der Waals surface area contributed by atoms with E-state index in [1.54, 1.807) is 0 Å². The molecule has 2 rings (SSSR count). The van der Waals surface area contributed by atoms with Gasteiger partial charge in [-0.05, 0) is 5.92 Å². The van der Waals surface area contributed by atoms with Crippen LogP contribution in [0.25, 0.3) is 0 Å². The molecule has 2 heterocycles. The number of anilines is 1. The highest BCUT2D eigenvalue weighted by molar-refractivity contribution is 6.30. The molecule has 2 aromatic heterocycles. The normalized spacial score (nSPS) is 10.8. The van der Waals surface area contributed by atoms with Crippen molar-refractivity contribution in [3.8, 4) is 0 Å². The summed E-state index contributed by atoms with van der Waals surface area (Å²) in [6.45, 7) is 4.50. The highest BCUT2D eigenvalue weighted by Crippen LogP contribution is 2.27. The summed E-state index contributed by atoms with van der Waals surface area (Å²) in [6, 6.07) is 0. The van der Waals surface area contributed by atoms with E-state index in [1.165, 1.54) is 6.33 Å². The summed E-state index contributed by atoms with van der Waals surface area (Å²) >= 11 is 6.04. The lowest BCUT2D eigenvalue weighted by molar-refractivity contribution is 0.840. The Hall–Kier alpha value is -1.76. The first kappa shape index (κ1) is 11.7. The van der Waals surface area contributed by atoms with Crippen molar-refractivity contribution in [1.82, 2.24) is 30.6 Å². The van der Waals surface area contributed by atoms with E-state index in [0.29, 0.717) is 23.3 Å². The third-order valence-corrected chi connectivity index (χ3v) is 2.52. The van der Waals surface area contributed by atoms with Crippen LogP contribution in [0.2, 0.25) is 5.15 Å². The van der Waals surface area contributed by atoms with Crippen molar-refractivity contribution in [3.05, 3.63) is 22.9 Å². The minimum atomic E-state index is 0.233. The molecule has 0 aliphatic carbocycles. The SMILES string of the molecule is CC(C)c1c(Cl)ncnc1NCc1nn[nH]n1. The van der Waals surface area contributed by atoms with Crippen LogP contribution in [0.1, 0.15) is 31.2 Å². The molecule has 0 unspecified atom stereocenters. The molecule has 0 fully saturated rings. The second kappa shape index (κ2) is 5.05. The topological polar surface area (TPSA) is 92.3 Å². The number of aromatic amines is 1. The maximum absolute atomic E-state index is 6.04. The van der Waals surface area contributed by atoms with Crippen molar-refractivity contribution < 1.29 is 0 Å². The van der Waals surface area contributed by atoms with Crippen LogP contribution in [0.5, 0.6) is 0 Å². The number of tetrazole rings is 1. The van der Waals surface area contributed by atoms with E-state index in [-0.39, 0.29) is 5.92 Å². The monoisotopic (exact) mass is 253 g/mol. The zero-order chi connectivity index (χ0) is 12.3. The average Bonchev–Trinajstić information content (AvgIpc) is 2.78. The summed E-state index contributed by atoms with van der Waals surface area (Å²) in [5, 5.41) is 17.1. The number of nitrogens with one attached hydrogen (secondary N) is 2. The van der Waals surface area contributed by atoms with Gasteiger partial charge in [0.25, 0.3) is 0 Å². The lowest BCUT2D eigenvalue weighted by Gasteiger charge is -2.13. The predicted molar refractivity (Wildman–Crippen MR) is 62.6 cm³/mol. The maximum atomic E-state index is 6.04. The molecule has 0 atom stereocenters. The standard InChI is InChI=1S/C9H12ClN7/c1-5(2)7-8(10)12-4-13-9(7)11-3-6-14-16-17-15-6/h4-5H,3H2,1-2H3,(H,11,12,13)(H,14,15,16,17). The molecular formula is C9H12ClN7. The van der Waals surface area contributed by atoms with Crippen molar-refractivity contribution in [2.45, 2.75) is 26.3 Å². The second-order valence-electron chi connectivity index (χ2n) is 3.76. The number of H-pyrrole nitrogens is 1. The molecule has 7 nitrogen and oxygen atoms in total. The van der Waals surface area contributed by atoms with Crippen molar-refractivity contribution in [1.29, 1.82) is 0 Å². The molecule has 2 N–H and O–H groups in total. The second-order valence-corrected chi connectivity index (χ2v) is 4.12. The van der Waals surface area contributed by atoms with Gasteiger partial charge in [0, 0.05) is 5.56 Å². The zero-order valence-corrected chi connectivity index (χ0v) is 10.2. The van der Waals surface area contributed by atoms with Crippen molar-refractivity contribution in [2.75, 3.05) is 5.32 Å². The van der Waals surface area contributed by atoms with Gasteiger partial charge in [-0.1, -0.05) is 30.7 Å². The largest absolute Gasteiger partial charge is 0.362 e. The van der Waals surface area contributed by atoms with Gasteiger partial charge in [-0.2, -0.15) is 5.21 Å². The Morgan fingerprint density at radius 1 is 1.41 bits per heavy atom. The third kappa shape index (κ3) is 2.68. The van der Waals surface area contributed by atoms with Gasteiger partial charge in [0.2, 0.25) is 0 Å². The van der Waals surface area contributed by atoms with Crippen molar-refractivity contribution in [3.63, 3.8) is 0 Å². The first-order valence-electron chi connectivity index (χ1n) is 5.15. The smallest absolute Gasteiger partial charge is 0.193 e. The summed E-state index contributed by atoms with van der Waals surface area (Å²) in [6.07, 6.45) is 1.42. The predicted octanol–water partition coefficient (Wildman–Crippen LogP) is 1.38. The Kier molecular flexibility index (Phi) is 3.48. The molecule has 0 aromatic carbocycles. The molecule has 0 saturated carbocycles. The lowest BCUT2D eigenvalue weighted by atomic mass is 10.1. The Morgan fingerprint density at radius 3 is 2.88 bits per heavy atom. The fourth-order valence-corrected chi connectivity index (χ4v) is 1.80. The number of rotatable bonds is 4. The Balaban J connectivity index is 2.18. The maximum Gasteiger partial charge on any atom is 0.193 e. The van der Waals surface area contributed by atoms with Gasteiger partial charge < -0.3 is 5.32 Å². The van der Waals surface area contributed by atoms with E-state index >= 15 is 0 Å². The Bertz CT molecular complexity index is 482. The van der Waals surface area contributed by atoms with E-state index in [4.69, 9.17) is 11.6 Å². The molecule has 0 aliphatic heterocycles. The molecular weight excluding hydrogens is 242 g/mol. The zero-order valence-electron chi connectivity index (χ0n) is 9.48. The van der Waals surface area contributed by atoms with Gasteiger partial charge >= 0.3 is 0 Å². The first-order chi connectivity index (χ1) is 8.18. The highest BCUT2D eigenvalue weighted by atomic mass is 35.5. The first-order valence-corrected chi connectivity index (χ1v) is 5.53. The molecule has 0 aliphatic rings. The fraction of sp³-hybridized carbons (Fsp3) is 0.444. The van der Waals surface area contributed by atoms with Crippen LogP contribution in [0, 0.1) is 0 Å². The quantitative estimate of drug-likeness (QED) is 0.800. The third-order valence-electron chi connectivity index (χ3n) is 2.22. The fourth-order valence-electron chi connectivity index (χ4n) is 1.45. The summed E-state index contributed by atoms with van der Waals surface area (Å²) in [5.74, 6) is 1.50. The lowest BCUT2D eigenvalue weighted by Crippen LogP contribution is -2.08. The van der Waals surface area contributed by atoms with E-state index in [1.807, 2.05) is 13.8 Å². The van der Waals surface area contributed by atoms with E-state index in [2.05, 4.69) is 35.9 Å².